The molecule has 45 heavy (non-hydrogen) atoms. The molecule has 0 radical (unpaired) electrons. The Hall–Kier alpha value is -1.14. The molecular formula is C35H63N3O7. The third-order valence-corrected chi connectivity index (χ3v) is 11.8. The summed E-state index contributed by atoms with van der Waals surface area (Å²) < 4.78 is 25.2. The molecule has 0 aromatic heterocycles. The number of hydrogen-bond donors (Lipinski definition) is 1. The van der Waals surface area contributed by atoms with Crippen molar-refractivity contribution in [2.75, 3.05) is 47.9 Å². The summed E-state index contributed by atoms with van der Waals surface area (Å²) in [6, 6.07) is 1.08. The molecule has 4 aliphatic heterocycles. The number of nitrogens with zero attached hydrogens (tertiary/aromatic N) is 3. The van der Waals surface area contributed by atoms with Gasteiger partial charge in [-0.05, 0) is 106 Å². The summed E-state index contributed by atoms with van der Waals surface area (Å²) in [6.07, 6.45) is 3.17. The van der Waals surface area contributed by atoms with Crippen LogP contribution in [-0.4, -0.2) is 134 Å². The molecule has 2 unspecified atom stereocenters. The fourth-order valence-electron chi connectivity index (χ4n) is 9.21. The summed E-state index contributed by atoms with van der Waals surface area (Å²) in [5.41, 5.74) is -2.30. The number of hydrogen-bond acceptors (Lipinski definition) is 10. The molecule has 1 N–H and O–H groups in total. The van der Waals surface area contributed by atoms with Gasteiger partial charge in [-0.15, -0.1) is 0 Å². The maximum atomic E-state index is 14.3. The third-order valence-electron chi connectivity index (χ3n) is 11.8. The van der Waals surface area contributed by atoms with Crippen molar-refractivity contribution >= 4 is 11.8 Å². The molecule has 0 aliphatic carbocycles. The molecule has 2 bridgehead atoms. The normalized spacial score (nSPS) is 44.2. The van der Waals surface area contributed by atoms with Crippen LogP contribution in [0.3, 0.4) is 0 Å². The smallest absolute Gasteiger partial charge is 0.319 e. The summed E-state index contributed by atoms with van der Waals surface area (Å²) >= 11 is 0. The molecule has 0 amide bonds. The first-order valence-corrected chi connectivity index (χ1v) is 17.4. The van der Waals surface area contributed by atoms with Crippen LogP contribution in [-0.2, 0) is 28.5 Å². The average molecular weight is 638 g/mol. The molecule has 10 heteroatoms. The minimum absolute atomic E-state index is 0.0682. The van der Waals surface area contributed by atoms with E-state index >= 15 is 0 Å². The number of fused-ring (bicyclic) bond motifs is 2. The predicted molar refractivity (Wildman–Crippen MR) is 174 cm³/mol. The van der Waals surface area contributed by atoms with E-state index in [0.717, 1.165) is 25.9 Å². The monoisotopic (exact) mass is 637 g/mol. The van der Waals surface area contributed by atoms with Crippen LogP contribution in [0, 0.1) is 23.2 Å². The molecule has 0 aromatic rings. The highest BCUT2D eigenvalue weighted by Gasteiger charge is 2.52. The van der Waals surface area contributed by atoms with Gasteiger partial charge in [0.1, 0.15) is 18.1 Å². The van der Waals surface area contributed by atoms with E-state index in [0.29, 0.717) is 30.8 Å². The number of esters is 1. The van der Waals surface area contributed by atoms with Gasteiger partial charge in [0.05, 0.1) is 17.8 Å². The first kappa shape index (κ1) is 36.7. The van der Waals surface area contributed by atoms with Gasteiger partial charge < -0.3 is 29.0 Å². The Morgan fingerprint density at radius 3 is 2.22 bits per heavy atom. The third kappa shape index (κ3) is 7.63. The van der Waals surface area contributed by atoms with E-state index in [-0.39, 0.29) is 36.5 Å². The van der Waals surface area contributed by atoms with E-state index in [9.17, 15) is 14.7 Å². The van der Waals surface area contributed by atoms with Gasteiger partial charge in [0, 0.05) is 43.7 Å². The number of piperidine rings is 1. The molecule has 4 rings (SSSR count). The Labute approximate surface area is 272 Å². The van der Waals surface area contributed by atoms with Crippen molar-refractivity contribution < 1.29 is 33.6 Å². The largest absolute Gasteiger partial charge is 0.463 e. The number of aliphatic hydroxyl groups excluding tert-OH is 1. The quantitative estimate of drug-likeness (QED) is 0.344. The Balaban J connectivity index is 1.65. The fraction of sp³-hybridized carbons (Fsp3) is 0.943. The minimum atomic E-state index is -1.39. The summed E-state index contributed by atoms with van der Waals surface area (Å²) in [6.45, 7) is 15.7. The fourth-order valence-corrected chi connectivity index (χ4v) is 9.21. The van der Waals surface area contributed by atoms with E-state index in [1.807, 2.05) is 32.8 Å². The number of carbonyl (C=O) groups excluding carboxylic acids is 2. The molecule has 0 aromatic carbocycles. The van der Waals surface area contributed by atoms with Crippen molar-refractivity contribution in [3.8, 4) is 0 Å². The lowest BCUT2D eigenvalue weighted by atomic mass is 9.74. The molecule has 0 saturated carbocycles. The van der Waals surface area contributed by atoms with Crippen LogP contribution >= 0.6 is 0 Å². The number of methoxy groups -OCH3 is 1. The van der Waals surface area contributed by atoms with Crippen LogP contribution in [0.2, 0.25) is 0 Å². The molecular weight excluding hydrogens is 574 g/mol. The van der Waals surface area contributed by atoms with Crippen molar-refractivity contribution in [1.82, 2.24) is 14.7 Å². The van der Waals surface area contributed by atoms with Gasteiger partial charge in [0.15, 0.2) is 12.1 Å². The van der Waals surface area contributed by atoms with Crippen molar-refractivity contribution in [1.29, 1.82) is 0 Å². The predicted octanol–water partition coefficient (Wildman–Crippen LogP) is 3.58. The summed E-state index contributed by atoms with van der Waals surface area (Å²) in [5.74, 6) is -0.918. The van der Waals surface area contributed by atoms with E-state index in [1.54, 1.807) is 27.9 Å². The standard InChI is InChI=1S/C35H63N3O7/c1-12-38-25-13-14-26(38)17-24(16-25)28-20-43-33(41)34(5,6)30(40)23(4)31(35(7,42-11)18-21(2)19-37(28)10)45-32-29(39)27(36(8)9)15-22(3)44-32/h21-29,31-32,39H,12-20H2,1-11H3/t21-,22-,23+,24?,25?,26?,27+,28+,29-,31-,32+,35-/m1/s1. The van der Waals surface area contributed by atoms with Crippen LogP contribution in [0.4, 0.5) is 0 Å². The first-order valence-electron chi connectivity index (χ1n) is 17.4. The van der Waals surface area contributed by atoms with Gasteiger partial charge in [-0.25, -0.2) is 0 Å². The van der Waals surface area contributed by atoms with E-state index < -0.39 is 41.4 Å². The number of aliphatic hydroxyl groups is 1. The maximum Gasteiger partial charge on any atom is 0.319 e. The highest BCUT2D eigenvalue weighted by Crippen LogP contribution is 2.42. The number of carbonyl (C=O) groups is 2. The summed E-state index contributed by atoms with van der Waals surface area (Å²) in [4.78, 5) is 35.1. The van der Waals surface area contributed by atoms with Crippen molar-refractivity contribution in [2.45, 2.75) is 141 Å². The topological polar surface area (TPSA) is 101 Å². The Morgan fingerprint density at radius 2 is 1.67 bits per heavy atom. The number of ether oxygens (including phenoxy) is 4. The summed E-state index contributed by atoms with van der Waals surface area (Å²) in [5, 5.41) is 11.3. The maximum absolute atomic E-state index is 14.3. The van der Waals surface area contributed by atoms with Crippen LogP contribution in [0.1, 0.15) is 87.0 Å². The van der Waals surface area contributed by atoms with Gasteiger partial charge in [0.2, 0.25) is 0 Å². The molecule has 4 aliphatic rings. The Bertz CT molecular complexity index is 1010. The average Bonchev–Trinajstić information content (AvgIpc) is 3.23. The molecule has 10 nitrogen and oxygen atoms in total. The number of likely N-dealkylation sites (N-methyl/N-ethyl adjacent to an activating group) is 2. The Morgan fingerprint density at radius 1 is 1.04 bits per heavy atom. The highest BCUT2D eigenvalue weighted by atomic mass is 16.7. The molecule has 4 heterocycles. The van der Waals surface area contributed by atoms with Crippen LogP contribution in [0.25, 0.3) is 0 Å². The highest BCUT2D eigenvalue weighted by molar-refractivity contribution is 6.04. The SMILES string of the molecule is CCN1C2CCC1CC([C@@H]1COC(=O)C(C)(C)C(=O)[C@H](C)[C@@H](O[C@@H]3O[C@H](C)C[C@H](N(C)C)[C@H]3O)[C@](C)(OC)C[C@@H](C)CN1C)C2. The van der Waals surface area contributed by atoms with Gasteiger partial charge >= 0.3 is 5.97 Å². The van der Waals surface area contributed by atoms with Crippen molar-refractivity contribution in [3.05, 3.63) is 0 Å². The van der Waals surface area contributed by atoms with E-state index in [2.05, 4.69) is 30.7 Å². The molecule has 4 fully saturated rings. The van der Waals surface area contributed by atoms with E-state index in [4.69, 9.17) is 18.9 Å². The van der Waals surface area contributed by atoms with Gasteiger partial charge in [-0.1, -0.05) is 20.8 Å². The van der Waals surface area contributed by atoms with Crippen LogP contribution < -0.4 is 0 Å². The van der Waals surface area contributed by atoms with Gasteiger partial charge in [-0.3, -0.25) is 19.4 Å². The zero-order chi connectivity index (χ0) is 33.4. The lowest BCUT2D eigenvalue weighted by Crippen LogP contribution is -2.59. The van der Waals surface area contributed by atoms with Crippen LogP contribution in [0.15, 0.2) is 0 Å². The number of rotatable bonds is 6. The zero-order valence-corrected chi connectivity index (χ0v) is 30.0. The lowest BCUT2D eigenvalue weighted by molar-refractivity contribution is -0.295. The second-order valence-electron chi connectivity index (χ2n) is 15.8. The van der Waals surface area contributed by atoms with Crippen molar-refractivity contribution in [3.63, 3.8) is 0 Å². The summed E-state index contributed by atoms with van der Waals surface area (Å²) in [7, 11) is 7.68. The van der Waals surface area contributed by atoms with Gasteiger partial charge in [0.25, 0.3) is 0 Å². The second kappa shape index (κ2) is 14.5. The number of ketones is 1. The first-order chi connectivity index (χ1) is 21.0. The Kier molecular flexibility index (Phi) is 11.9. The molecule has 11 atom stereocenters. The molecule has 4 saturated heterocycles. The number of Topliss-reactive ketones (excluding diaryl/α,β-unsaturated/α-hetero) is 1. The van der Waals surface area contributed by atoms with Gasteiger partial charge in [-0.2, -0.15) is 0 Å². The molecule has 260 valence electrons. The van der Waals surface area contributed by atoms with E-state index in [1.165, 1.54) is 12.8 Å². The van der Waals surface area contributed by atoms with Crippen LogP contribution in [0.5, 0.6) is 0 Å². The lowest BCUT2D eigenvalue weighted by Gasteiger charge is -2.47. The molecule has 0 spiro atoms. The zero-order valence-electron chi connectivity index (χ0n) is 30.0. The second-order valence-corrected chi connectivity index (χ2v) is 15.8. The number of cyclic esters (lactones) is 1. The minimum Gasteiger partial charge on any atom is -0.463 e. The van der Waals surface area contributed by atoms with Crippen molar-refractivity contribution in [2.24, 2.45) is 23.2 Å².